The SMILES string of the molecule is C.C.C.CC(C)(C)OC(=O)N1CCNCC1(C)C.CCOC(=O)c1cccc(Br)n1.CCOC(=O)c1cccc(N2CCN(C(=O)OC(C)(C)C)C(C)(C)C2)n1.CCOC(=O)c1cccc(N2CCNC(C)(C)C2)n1.Cl.[HH]. The number of carbonyl (C=O) groups excluding carboxylic acids is 5. The number of pyridine rings is 3. The van der Waals surface area contributed by atoms with E-state index in [0.717, 1.165) is 38.5 Å². The van der Waals surface area contributed by atoms with E-state index in [0.29, 0.717) is 67.8 Å². The van der Waals surface area contributed by atoms with Crippen LogP contribution < -0.4 is 20.4 Å². The summed E-state index contributed by atoms with van der Waals surface area (Å²) in [5.74, 6) is 0.353. The predicted octanol–water partition coefficient (Wildman–Crippen LogP) is 10.7. The summed E-state index contributed by atoms with van der Waals surface area (Å²) in [6.45, 7) is 36.8. The molecule has 0 atom stereocenters. The Morgan fingerprint density at radius 2 is 0.987 bits per heavy atom. The number of nitrogens with one attached hydrogen (secondary N) is 2. The molecule has 3 aromatic rings. The first-order chi connectivity index (χ1) is 33.5. The molecule has 3 aliphatic heterocycles. The van der Waals surface area contributed by atoms with Crippen LogP contribution in [0.2, 0.25) is 0 Å². The van der Waals surface area contributed by atoms with Gasteiger partial charge in [0, 0.05) is 65.9 Å². The van der Waals surface area contributed by atoms with Crippen LogP contribution in [0.1, 0.15) is 159 Å². The highest BCUT2D eigenvalue weighted by molar-refractivity contribution is 9.10. The van der Waals surface area contributed by atoms with Crippen LogP contribution in [0.15, 0.2) is 59.2 Å². The second-order valence-electron chi connectivity index (χ2n) is 21.0. The third kappa shape index (κ3) is 24.3. The van der Waals surface area contributed by atoms with Gasteiger partial charge in [-0.3, -0.25) is 4.90 Å². The fourth-order valence-corrected chi connectivity index (χ4v) is 7.89. The number of halogens is 2. The molecule has 0 saturated carbocycles. The zero-order chi connectivity index (χ0) is 54.1. The van der Waals surface area contributed by atoms with Gasteiger partial charge in [0.15, 0.2) is 11.4 Å². The summed E-state index contributed by atoms with van der Waals surface area (Å²) in [7, 11) is 0. The van der Waals surface area contributed by atoms with Crippen molar-refractivity contribution in [3.8, 4) is 0 Å². The Hall–Kier alpha value is -5.31. The van der Waals surface area contributed by atoms with Gasteiger partial charge in [-0.15, -0.1) is 12.4 Å². The Bertz CT molecular complexity index is 2280. The largest absolute Gasteiger partial charge is 0.461 e. The van der Waals surface area contributed by atoms with Crippen molar-refractivity contribution >= 4 is 70.1 Å². The minimum Gasteiger partial charge on any atom is -0.461 e. The van der Waals surface area contributed by atoms with Gasteiger partial charge in [0.2, 0.25) is 0 Å². The lowest BCUT2D eigenvalue weighted by atomic mass is 9.99. The first-order valence-corrected chi connectivity index (χ1v) is 25.4. The van der Waals surface area contributed by atoms with Crippen LogP contribution in [0.4, 0.5) is 21.2 Å². The molecule has 3 fully saturated rings. The second kappa shape index (κ2) is 32.4. The first kappa shape index (κ1) is 72.8. The Balaban J connectivity index is -0.000000963. The second-order valence-corrected chi connectivity index (χ2v) is 21.8. The van der Waals surface area contributed by atoms with Crippen LogP contribution in [0.5, 0.6) is 0 Å². The number of piperazine rings is 3. The van der Waals surface area contributed by atoms with Crippen molar-refractivity contribution < 1.29 is 49.1 Å². The maximum absolute atomic E-state index is 12.5. The lowest BCUT2D eigenvalue weighted by Gasteiger charge is -2.47. The summed E-state index contributed by atoms with van der Waals surface area (Å²) < 4.78 is 26.3. The van der Waals surface area contributed by atoms with Crippen molar-refractivity contribution in [1.82, 2.24) is 35.4 Å². The molecule has 0 radical (unpaired) electrons. The van der Waals surface area contributed by atoms with Crippen molar-refractivity contribution in [2.75, 3.05) is 88.5 Å². The molecule has 6 rings (SSSR count). The fourth-order valence-electron chi connectivity index (χ4n) is 7.54. The van der Waals surface area contributed by atoms with Gasteiger partial charge < -0.3 is 49.0 Å². The average molecular weight is 1160 g/mol. The number of nitrogens with zero attached hydrogens (tertiary/aromatic N) is 7. The highest BCUT2D eigenvalue weighted by Gasteiger charge is 2.40. The van der Waals surface area contributed by atoms with Crippen molar-refractivity contribution in [1.29, 1.82) is 0 Å². The normalized spacial score (nSPS) is 16.1. The lowest BCUT2D eigenvalue weighted by Crippen LogP contribution is -2.62. The lowest BCUT2D eigenvalue weighted by molar-refractivity contribution is -0.00311. The molecule has 6 heterocycles. The molecule has 2 amide bonds. The van der Waals surface area contributed by atoms with Crippen LogP contribution in [0.3, 0.4) is 0 Å². The molecule has 2 N–H and O–H groups in total. The van der Waals surface area contributed by atoms with Crippen LogP contribution in [0, 0.1) is 0 Å². The zero-order valence-electron chi connectivity index (χ0n) is 45.7. The smallest absolute Gasteiger partial charge is 0.410 e. The maximum Gasteiger partial charge on any atom is 0.410 e. The van der Waals surface area contributed by atoms with Crippen molar-refractivity contribution in [3.63, 3.8) is 0 Å². The number of anilines is 2. The van der Waals surface area contributed by atoms with E-state index in [1.165, 1.54) is 0 Å². The van der Waals surface area contributed by atoms with E-state index in [2.05, 4.69) is 65.2 Å². The van der Waals surface area contributed by atoms with Crippen molar-refractivity contribution in [3.05, 3.63) is 76.3 Å². The van der Waals surface area contributed by atoms with Crippen LogP contribution in [0.25, 0.3) is 0 Å². The van der Waals surface area contributed by atoms with Gasteiger partial charge in [0.05, 0.1) is 30.9 Å². The number of ether oxygens (including phenoxy) is 5. The number of carbonyl (C=O) groups is 5. The van der Waals surface area contributed by atoms with Gasteiger partial charge >= 0.3 is 30.1 Å². The minimum absolute atomic E-state index is 0. The van der Waals surface area contributed by atoms with E-state index in [9.17, 15) is 24.0 Å². The van der Waals surface area contributed by atoms with E-state index in [-0.39, 0.29) is 77.0 Å². The van der Waals surface area contributed by atoms with Gasteiger partial charge in [-0.05, 0) is 156 Å². The summed E-state index contributed by atoms with van der Waals surface area (Å²) in [6, 6.07) is 15.9. The number of hydrogen-bond donors (Lipinski definition) is 2. The van der Waals surface area contributed by atoms with Crippen molar-refractivity contribution in [2.45, 2.75) is 154 Å². The summed E-state index contributed by atoms with van der Waals surface area (Å²) in [4.78, 5) is 79.7. The molecule has 21 heteroatoms. The Morgan fingerprint density at radius 3 is 1.37 bits per heavy atom. The van der Waals surface area contributed by atoms with E-state index in [1.54, 1.807) is 67.0 Å². The van der Waals surface area contributed by atoms with Crippen LogP contribution >= 0.6 is 28.3 Å². The quantitative estimate of drug-likeness (QED) is 0.122. The van der Waals surface area contributed by atoms with E-state index < -0.39 is 22.7 Å². The van der Waals surface area contributed by atoms with Crippen molar-refractivity contribution in [2.24, 2.45) is 0 Å². The molecular weight excluding hydrogens is 1060 g/mol. The van der Waals surface area contributed by atoms with Gasteiger partial charge in [0.1, 0.15) is 33.1 Å². The number of esters is 3. The van der Waals surface area contributed by atoms with Gasteiger partial charge in [-0.25, -0.2) is 38.9 Å². The summed E-state index contributed by atoms with van der Waals surface area (Å²) >= 11 is 3.16. The first-order valence-electron chi connectivity index (χ1n) is 24.6. The molecule has 3 saturated heterocycles. The topological polar surface area (TPSA) is 207 Å². The highest BCUT2D eigenvalue weighted by atomic mass is 79.9. The minimum atomic E-state index is -0.528. The molecule has 0 unspecified atom stereocenters. The number of amides is 2. The Morgan fingerprint density at radius 1 is 0.579 bits per heavy atom. The summed E-state index contributed by atoms with van der Waals surface area (Å²) in [5.41, 5.74) is -0.501. The molecule has 0 aromatic carbocycles. The van der Waals surface area contributed by atoms with Gasteiger partial charge in [-0.2, -0.15) is 0 Å². The molecule has 19 nitrogen and oxygen atoms in total. The molecule has 3 aromatic heterocycles. The maximum atomic E-state index is 12.5. The van der Waals surface area contributed by atoms with E-state index >= 15 is 0 Å². The van der Waals surface area contributed by atoms with Gasteiger partial charge in [-0.1, -0.05) is 40.5 Å². The van der Waals surface area contributed by atoms with Gasteiger partial charge in [0.25, 0.3) is 0 Å². The number of hydrogen-bond acceptors (Lipinski definition) is 17. The van der Waals surface area contributed by atoms with E-state index in [1.807, 2.05) is 87.4 Å². The molecule has 3 aliphatic rings. The summed E-state index contributed by atoms with van der Waals surface area (Å²) in [5, 5.41) is 6.73. The number of rotatable bonds is 8. The molecular formula is C55H95BrClN9O10. The standard InChI is InChI=1S/C19H29N3O4.C14H21N3O2.C11H22N2O2.C8H8BrNO2.3CH4.ClH.H2/c1-7-25-16(23)14-9-8-10-15(20-14)21-11-12-22(19(5,6)13-21)17(24)26-18(2,3)4;1-4-19-13(18)11-6-5-7-12(16-11)17-9-8-15-14(2,3)10-17;1-10(2,3)15-9(14)13-7-6-12-8-11(13,4)5;1-2-12-8(11)6-4-3-5-7(9)10-6;;;;;/h8-10H,7,11-13H2,1-6H3;5-7,15H,4,8-10H2,1-3H3;12H,6-8H2,1-5H3;3-5H,2H2,1H3;3*1H4;2*1H. The van der Waals surface area contributed by atoms with Crippen LogP contribution in [-0.2, 0) is 23.7 Å². The predicted molar refractivity (Wildman–Crippen MR) is 311 cm³/mol. The number of aromatic nitrogens is 3. The zero-order valence-corrected chi connectivity index (χ0v) is 48.1. The Kier molecular flexibility index (Phi) is 31.1. The molecule has 0 spiro atoms. The van der Waals surface area contributed by atoms with Crippen LogP contribution in [-0.4, -0.2) is 161 Å². The molecule has 76 heavy (non-hydrogen) atoms. The molecule has 0 aliphatic carbocycles. The third-order valence-electron chi connectivity index (χ3n) is 10.8. The monoisotopic (exact) mass is 1160 g/mol. The summed E-state index contributed by atoms with van der Waals surface area (Å²) in [6.07, 6.45) is -0.524. The fraction of sp³-hybridized carbons (Fsp3) is 0.636. The highest BCUT2D eigenvalue weighted by Crippen LogP contribution is 2.27. The molecule has 0 bridgehead atoms. The third-order valence-corrected chi connectivity index (χ3v) is 11.2. The molecule has 434 valence electrons. The average Bonchev–Trinajstić information content (AvgIpc) is 3.28. The van der Waals surface area contributed by atoms with E-state index in [4.69, 9.17) is 23.7 Å². The Labute approximate surface area is 471 Å².